The molecule has 0 saturated heterocycles. The number of rotatable bonds is 4. The van der Waals surface area contributed by atoms with Gasteiger partial charge in [-0.2, -0.15) is 0 Å². The highest BCUT2D eigenvalue weighted by atomic mass is 28.4. The van der Waals surface area contributed by atoms with Gasteiger partial charge >= 0.3 is 0 Å². The van der Waals surface area contributed by atoms with E-state index in [4.69, 9.17) is 12.7 Å². The van der Waals surface area contributed by atoms with E-state index >= 15 is 0 Å². The highest BCUT2D eigenvalue weighted by Gasteiger charge is 2.38. The van der Waals surface area contributed by atoms with E-state index in [1.807, 2.05) is 33.9 Å². The molecule has 0 aromatic carbocycles. The van der Waals surface area contributed by atoms with Gasteiger partial charge in [-0.3, -0.25) is 0 Å². The second-order valence-corrected chi connectivity index (χ2v) is 9.72. The van der Waals surface area contributed by atoms with Gasteiger partial charge < -0.3 is 9.53 Å². The van der Waals surface area contributed by atoms with Crippen LogP contribution in [0.4, 0.5) is 0 Å². The monoisotopic (exact) mass is 210 g/mol. The summed E-state index contributed by atoms with van der Waals surface area (Å²) in [5.74, 6) is 0. The third kappa shape index (κ3) is 4.79. The maximum Gasteiger partial charge on any atom is 0.211 e. The lowest BCUT2D eigenvalue weighted by Gasteiger charge is -2.37. The summed E-state index contributed by atoms with van der Waals surface area (Å²) >= 11 is 0. The maximum absolute atomic E-state index is 7.95. The summed E-state index contributed by atoms with van der Waals surface area (Å²) in [4.78, 5) is 0. The van der Waals surface area contributed by atoms with Gasteiger partial charge in [0.05, 0.1) is 14.9 Å². The van der Waals surface area contributed by atoms with Crippen molar-refractivity contribution >= 4 is 8.32 Å². The molecule has 0 aliphatic heterocycles. The molecular weight excluding hydrogens is 180 g/mol. The molecule has 0 rings (SSSR count). The molecule has 2 nitrogen and oxygen atoms in total. The third-order valence-electron chi connectivity index (χ3n) is 2.31. The Kier molecular flexibility index (Phi) is 1.68. The van der Waals surface area contributed by atoms with Crippen molar-refractivity contribution in [1.82, 2.24) is 0 Å². The van der Waals surface area contributed by atoms with E-state index in [0.717, 1.165) is 6.92 Å². The fraction of sp³-hybridized carbons (Fsp3) is 1.00. The molecule has 0 aliphatic rings. The Labute approximate surface area is 92.0 Å². The van der Waals surface area contributed by atoms with Gasteiger partial charge in [-0.25, -0.2) is 0 Å². The Bertz CT molecular complexity index is 323. The molecule has 0 radical (unpaired) electrons. The Morgan fingerprint density at radius 2 is 2.00 bits per heavy atom. The molecule has 0 aromatic heterocycles. The van der Waals surface area contributed by atoms with Crippen LogP contribution in [0.5, 0.6) is 0 Å². The lowest BCUT2D eigenvalue weighted by Crippen LogP contribution is -2.44. The van der Waals surface area contributed by atoms with E-state index in [0.29, 0.717) is 0 Å². The Morgan fingerprint density at radius 1 is 1.46 bits per heavy atom. The first-order chi connectivity index (χ1) is 8.02. The molecule has 0 aliphatic carbocycles. The Hall–Kier alpha value is 0.137. The lowest BCUT2D eigenvalue weighted by molar-refractivity contribution is 0.0231. The van der Waals surface area contributed by atoms with E-state index in [1.165, 1.54) is 0 Å². The highest BCUT2D eigenvalue weighted by molar-refractivity contribution is 6.74. The van der Waals surface area contributed by atoms with Crippen LogP contribution in [-0.4, -0.2) is 27.0 Å². The van der Waals surface area contributed by atoms with Crippen molar-refractivity contribution in [3.8, 4) is 0 Å². The molecule has 1 N–H and O–H groups in total. The number of hydrogen-bond donors (Lipinski definition) is 1. The third-order valence-corrected chi connectivity index (χ3v) is 6.53. The molecule has 0 amide bonds. The first-order valence-electron chi connectivity index (χ1n) is 7.27. The first kappa shape index (κ1) is 5.88. The predicted octanol–water partition coefficient (Wildman–Crippen LogP) is 2.78. The van der Waals surface area contributed by atoms with E-state index in [1.54, 1.807) is 0 Å². The summed E-state index contributed by atoms with van der Waals surface area (Å²) in [6, 6.07) is 0. The molecule has 1 atom stereocenters. The van der Waals surface area contributed by atoms with Crippen molar-refractivity contribution in [3.63, 3.8) is 0 Å². The summed E-state index contributed by atoms with van der Waals surface area (Å²) < 4.78 is 50.6. The van der Waals surface area contributed by atoms with Crippen LogP contribution in [0.25, 0.3) is 0 Å². The van der Waals surface area contributed by atoms with Crippen LogP contribution in [-0.2, 0) is 4.43 Å². The zero-order chi connectivity index (χ0) is 15.9. The summed E-state index contributed by atoms with van der Waals surface area (Å²) in [5.41, 5.74) is -2.34. The van der Waals surface area contributed by atoms with Gasteiger partial charge in [-0.05, 0) is 31.9 Å². The van der Waals surface area contributed by atoms with Crippen molar-refractivity contribution in [3.05, 3.63) is 0 Å². The normalized spacial score (nSPS) is 27.2. The second-order valence-electron chi connectivity index (χ2n) is 5.00. The van der Waals surface area contributed by atoms with Crippen LogP contribution >= 0.6 is 0 Å². The van der Waals surface area contributed by atoms with Gasteiger partial charge in [-0.15, -0.1) is 0 Å². The van der Waals surface area contributed by atoms with Crippen molar-refractivity contribution in [2.75, 3.05) is 6.56 Å². The minimum Gasteiger partial charge on any atom is -0.414 e. The van der Waals surface area contributed by atoms with Gasteiger partial charge in [0.1, 0.15) is 0 Å². The van der Waals surface area contributed by atoms with Crippen LogP contribution in [0, 0.1) is 0 Å². The lowest BCUT2D eigenvalue weighted by atomic mass is 10.2. The fourth-order valence-electron chi connectivity index (χ4n) is 0.378. The average molecular weight is 210 g/mol. The van der Waals surface area contributed by atoms with Crippen molar-refractivity contribution in [2.45, 2.75) is 58.3 Å². The van der Waals surface area contributed by atoms with E-state index < -0.39 is 27.3 Å². The number of aliphatic hydroxyl groups is 1. The topological polar surface area (TPSA) is 29.5 Å². The molecular formula is C10H24O2Si. The summed E-state index contributed by atoms with van der Waals surface area (Å²) in [6.07, 6.45) is 0. The quantitative estimate of drug-likeness (QED) is 0.723. The summed E-state index contributed by atoms with van der Waals surface area (Å²) in [5, 5.41) is 3.96. The Morgan fingerprint density at radius 3 is 2.31 bits per heavy atom. The zero-order valence-electron chi connectivity index (χ0n) is 15.3. The van der Waals surface area contributed by atoms with Gasteiger partial charge in [0.2, 0.25) is 1.43 Å². The zero-order valence-corrected chi connectivity index (χ0v) is 10.3. The molecule has 0 fully saturated rings. The number of hydrogen-bond acceptors (Lipinski definition) is 2. The fourth-order valence-corrected chi connectivity index (χ4v) is 1.13. The summed E-state index contributed by atoms with van der Waals surface area (Å²) in [7, 11) is -2.53. The second kappa shape index (κ2) is 3.71. The highest BCUT2D eigenvalue weighted by Crippen LogP contribution is 2.36. The van der Waals surface area contributed by atoms with Crippen LogP contribution in [0.15, 0.2) is 0 Å². The van der Waals surface area contributed by atoms with Crippen molar-refractivity contribution in [2.24, 2.45) is 0 Å². The largest absolute Gasteiger partial charge is 0.414 e. The van der Waals surface area contributed by atoms with E-state index in [2.05, 4.69) is 5.11 Å². The van der Waals surface area contributed by atoms with Crippen LogP contribution in [0.3, 0.4) is 0 Å². The minimum absolute atomic E-state index is 0.280. The molecule has 0 saturated carbocycles. The standard InChI is InChI=1S/C10H24O2Si/c1-9(2,3)13(6,7)12-8-10(4,5)11/h11H,8H2,1-7H3/i4D3,8D2,11D. The average Bonchev–Trinajstić information content (AvgIpc) is 2.10. The molecule has 80 valence electrons. The van der Waals surface area contributed by atoms with Crippen LogP contribution in [0.1, 0.15) is 41.4 Å². The van der Waals surface area contributed by atoms with E-state index in [9.17, 15) is 0 Å². The minimum atomic E-state index is -2.80. The molecule has 0 aromatic rings. The van der Waals surface area contributed by atoms with Crippen molar-refractivity contribution < 1.29 is 16.4 Å². The van der Waals surface area contributed by atoms with Crippen LogP contribution in [0.2, 0.25) is 18.1 Å². The first-order valence-corrected chi connectivity index (χ1v) is 7.27. The van der Waals surface area contributed by atoms with Gasteiger partial charge in [-0.1, -0.05) is 20.8 Å². The Balaban J connectivity index is 5.51. The SMILES string of the molecule is [2H]OC(C)(C([2H])([2H])[2H])C([2H])([2H])O[Si](C)(C)C(C)(C)C. The molecule has 0 spiro atoms. The predicted molar refractivity (Wildman–Crippen MR) is 59.4 cm³/mol. The molecule has 13 heavy (non-hydrogen) atoms. The maximum atomic E-state index is 7.95. The van der Waals surface area contributed by atoms with Crippen molar-refractivity contribution in [1.29, 1.82) is 1.43 Å². The summed E-state index contributed by atoms with van der Waals surface area (Å²) in [6.45, 7) is 5.05. The molecule has 0 heterocycles. The van der Waals surface area contributed by atoms with Gasteiger partial charge in [0.25, 0.3) is 0 Å². The smallest absolute Gasteiger partial charge is 0.211 e. The van der Waals surface area contributed by atoms with Gasteiger partial charge in [0.15, 0.2) is 8.32 Å². The van der Waals surface area contributed by atoms with E-state index in [-0.39, 0.29) is 5.04 Å². The van der Waals surface area contributed by atoms with Gasteiger partial charge in [0, 0.05) is 4.11 Å². The molecule has 0 bridgehead atoms. The molecule has 1 unspecified atom stereocenters. The van der Waals surface area contributed by atoms with Crippen LogP contribution < -0.4 is 0 Å². The molecule has 3 heteroatoms.